The molecule has 0 saturated carbocycles. The summed E-state index contributed by atoms with van der Waals surface area (Å²) >= 11 is 5.79. The van der Waals surface area contributed by atoms with Crippen LogP contribution in [0, 0.1) is 0 Å². The normalized spacial score (nSPS) is 12.5. The molecule has 1 heterocycles. The minimum Gasteiger partial charge on any atom is -0.352 e. The Kier molecular flexibility index (Phi) is 4.62. The van der Waals surface area contributed by atoms with Gasteiger partial charge in [0.15, 0.2) is 0 Å². The maximum atomic E-state index is 11.5. The van der Waals surface area contributed by atoms with Crippen LogP contribution < -0.4 is 5.32 Å². The molecule has 1 rings (SSSR count). The first kappa shape index (κ1) is 12.0. The van der Waals surface area contributed by atoms with E-state index in [4.69, 9.17) is 11.6 Å². The third kappa shape index (κ3) is 4.34. The van der Waals surface area contributed by atoms with E-state index in [2.05, 4.69) is 10.4 Å². The number of rotatable bonds is 5. The van der Waals surface area contributed by atoms with Gasteiger partial charge in [-0.05, 0) is 19.8 Å². The molecule has 0 aliphatic heterocycles. The number of carbonyl (C=O) groups excluding carboxylic acids is 1. The summed E-state index contributed by atoms with van der Waals surface area (Å²) in [5.41, 5.74) is 0.594. The molecule has 0 fully saturated rings. The highest BCUT2D eigenvalue weighted by Crippen LogP contribution is 2.02. The maximum absolute atomic E-state index is 11.5. The number of hydrogen-bond acceptors (Lipinski definition) is 2. The highest BCUT2D eigenvalue weighted by atomic mass is 35.5. The van der Waals surface area contributed by atoms with E-state index in [1.807, 2.05) is 6.92 Å². The van der Waals surface area contributed by atoms with Gasteiger partial charge in [-0.3, -0.25) is 9.48 Å². The highest BCUT2D eigenvalue weighted by Gasteiger charge is 2.06. The summed E-state index contributed by atoms with van der Waals surface area (Å²) in [6.45, 7) is 2.61. The molecule has 1 amide bonds. The van der Waals surface area contributed by atoms with E-state index in [9.17, 15) is 4.79 Å². The van der Waals surface area contributed by atoms with E-state index >= 15 is 0 Å². The summed E-state index contributed by atoms with van der Waals surface area (Å²) in [6.07, 6.45) is 5.06. The van der Waals surface area contributed by atoms with Crippen LogP contribution in [-0.2, 0) is 7.05 Å². The Morgan fingerprint density at radius 1 is 1.73 bits per heavy atom. The van der Waals surface area contributed by atoms with E-state index < -0.39 is 0 Å². The minimum atomic E-state index is -0.0784. The lowest BCUT2D eigenvalue weighted by molar-refractivity contribution is 0.0953. The van der Waals surface area contributed by atoms with E-state index in [-0.39, 0.29) is 11.3 Å². The summed E-state index contributed by atoms with van der Waals surface area (Å²) in [6, 6.07) is 0. The number of alkyl halides is 1. The number of halogens is 1. The smallest absolute Gasteiger partial charge is 0.254 e. The molecule has 1 atom stereocenters. The number of aromatic nitrogens is 2. The monoisotopic (exact) mass is 229 g/mol. The fraction of sp³-hybridized carbons (Fsp3) is 0.600. The quantitative estimate of drug-likeness (QED) is 0.615. The number of nitrogens with zero attached hydrogens (tertiary/aromatic N) is 2. The first-order valence-electron chi connectivity index (χ1n) is 5.00. The lowest BCUT2D eigenvalue weighted by Gasteiger charge is -2.04. The fourth-order valence-corrected chi connectivity index (χ4v) is 1.38. The van der Waals surface area contributed by atoms with Crippen molar-refractivity contribution in [2.45, 2.75) is 25.1 Å². The van der Waals surface area contributed by atoms with E-state index in [1.54, 1.807) is 24.1 Å². The van der Waals surface area contributed by atoms with Crippen LogP contribution in [-0.4, -0.2) is 27.6 Å². The molecule has 0 spiro atoms. The van der Waals surface area contributed by atoms with Crippen molar-refractivity contribution in [2.24, 2.45) is 7.05 Å². The molecule has 5 heteroatoms. The third-order valence-electron chi connectivity index (χ3n) is 2.03. The fourth-order valence-electron chi connectivity index (χ4n) is 1.23. The van der Waals surface area contributed by atoms with Crippen LogP contribution in [0.2, 0.25) is 0 Å². The second-order valence-electron chi connectivity index (χ2n) is 3.58. The molecule has 84 valence electrons. The zero-order chi connectivity index (χ0) is 11.3. The van der Waals surface area contributed by atoms with Crippen molar-refractivity contribution in [3.63, 3.8) is 0 Å². The Hall–Kier alpha value is -1.03. The minimum absolute atomic E-state index is 0.0784. The van der Waals surface area contributed by atoms with Crippen molar-refractivity contribution in [3.05, 3.63) is 18.0 Å². The predicted molar refractivity (Wildman–Crippen MR) is 60.1 cm³/mol. The first-order chi connectivity index (χ1) is 7.09. The van der Waals surface area contributed by atoms with Gasteiger partial charge in [-0.25, -0.2) is 0 Å². The van der Waals surface area contributed by atoms with E-state index in [0.29, 0.717) is 12.1 Å². The van der Waals surface area contributed by atoms with Gasteiger partial charge in [-0.15, -0.1) is 11.6 Å². The number of hydrogen-bond donors (Lipinski definition) is 1. The van der Waals surface area contributed by atoms with Crippen molar-refractivity contribution < 1.29 is 4.79 Å². The Morgan fingerprint density at radius 3 is 3.00 bits per heavy atom. The zero-order valence-corrected chi connectivity index (χ0v) is 9.79. The Morgan fingerprint density at radius 2 is 2.47 bits per heavy atom. The van der Waals surface area contributed by atoms with Gasteiger partial charge >= 0.3 is 0 Å². The molecule has 1 aromatic rings. The molecule has 1 aromatic heterocycles. The van der Waals surface area contributed by atoms with E-state index in [0.717, 1.165) is 12.8 Å². The topological polar surface area (TPSA) is 46.9 Å². The van der Waals surface area contributed by atoms with Crippen LogP contribution in [0.5, 0.6) is 0 Å². The predicted octanol–water partition coefficient (Wildman–Crippen LogP) is 1.56. The maximum Gasteiger partial charge on any atom is 0.254 e. The van der Waals surface area contributed by atoms with Crippen LogP contribution in [0.15, 0.2) is 12.4 Å². The van der Waals surface area contributed by atoms with Gasteiger partial charge in [0, 0.05) is 25.2 Å². The highest BCUT2D eigenvalue weighted by molar-refractivity contribution is 6.20. The molecular weight excluding hydrogens is 214 g/mol. The molecule has 0 aromatic carbocycles. The largest absolute Gasteiger partial charge is 0.352 e. The molecule has 1 N–H and O–H groups in total. The molecule has 0 bridgehead atoms. The number of carbonyl (C=O) groups is 1. The third-order valence-corrected chi connectivity index (χ3v) is 2.25. The molecule has 0 aliphatic rings. The second kappa shape index (κ2) is 5.75. The van der Waals surface area contributed by atoms with E-state index in [1.165, 1.54) is 0 Å². The van der Waals surface area contributed by atoms with Gasteiger partial charge in [0.2, 0.25) is 0 Å². The van der Waals surface area contributed by atoms with Crippen molar-refractivity contribution in [2.75, 3.05) is 6.54 Å². The van der Waals surface area contributed by atoms with Crippen LogP contribution in [0.1, 0.15) is 30.1 Å². The lowest BCUT2D eigenvalue weighted by Crippen LogP contribution is -2.24. The summed E-state index contributed by atoms with van der Waals surface area (Å²) in [5, 5.41) is 6.91. The summed E-state index contributed by atoms with van der Waals surface area (Å²) in [7, 11) is 1.78. The molecule has 0 radical (unpaired) electrons. The average Bonchev–Trinajstić information content (AvgIpc) is 2.59. The van der Waals surface area contributed by atoms with Crippen molar-refractivity contribution >= 4 is 17.5 Å². The summed E-state index contributed by atoms with van der Waals surface area (Å²) < 4.78 is 1.61. The number of nitrogens with one attached hydrogen (secondary N) is 1. The average molecular weight is 230 g/mol. The van der Waals surface area contributed by atoms with Crippen LogP contribution in [0.25, 0.3) is 0 Å². The molecular formula is C10H16ClN3O. The van der Waals surface area contributed by atoms with Gasteiger partial charge in [0.1, 0.15) is 0 Å². The van der Waals surface area contributed by atoms with Crippen molar-refractivity contribution in [3.8, 4) is 0 Å². The van der Waals surface area contributed by atoms with Gasteiger partial charge in [0.25, 0.3) is 5.91 Å². The molecule has 0 saturated heterocycles. The Balaban J connectivity index is 2.25. The van der Waals surface area contributed by atoms with Crippen LogP contribution >= 0.6 is 11.6 Å². The summed E-state index contributed by atoms with van der Waals surface area (Å²) in [4.78, 5) is 11.5. The zero-order valence-electron chi connectivity index (χ0n) is 9.03. The van der Waals surface area contributed by atoms with Gasteiger partial charge < -0.3 is 5.32 Å². The number of amides is 1. The van der Waals surface area contributed by atoms with Crippen LogP contribution in [0.3, 0.4) is 0 Å². The molecule has 0 aliphatic carbocycles. The lowest BCUT2D eigenvalue weighted by atomic mass is 10.2. The first-order valence-corrected chi connectivity index (χ1v) is 5.44. The Labute approximate surface area is 94.6 Å². The Bertz CT molecular complexity index is 322. The van der Waals surface area contributed by atoms with Gasteiger partial charge in [0.05, 0.1) is 11.8 Å². The number of aryl methyl sites for hydroxylation is 1. The standard InChI is InChI=1S/C10H16ClN3O/c1-8(11)4-3-5-12-10(15)9-6-13-14(2)7-9/h6-8H,3-5H2,1-2H3,(H,12,15). The SMILES string of the molecule is CC(Cl)CCCNC(=O)c1cnn(C)c1. The van der Waals surface area contributed by atoms with Gasteiger partial charge in [-0.2, -0.15) is 5.10 Å². The summed E-state index contributed by atoms with van der Waals surface area (Å²) in [5.74, 6) is -0.0784. The molecule has 1 unspecified atom stereocenters. The second-order valence-corrected chi connectivity index (χ2v) is 4.33. The van der Waals surface area contributed by atoms with Crippen molar-refractivity contribution in [1.29, 1.82) is 0 Å². The molecule has 4 nitrogen and oxygen atoms in total. The molecule has 15 heavy (non-hydrogen) atoms. The van der Waals surface area contributed by atoms with Crippen molar-refractivity contribution in [1.82, 2.24) is 15.1 Å². The van der Waals surface area contributed by atoms with Crippen LogP contribution in [0.4, 0.5) is 0 Å². The van der Waals surface area contributed by atoms with Gasteiger partial charge in [-0.1, -0.05) is 0 Å².